The van der Waals surface area contributed by atoms with Gasteiger partial charge in [-0.05, 0) is 24.4 Å². The third-order valence-electron chi connectivity index (χ3n) is 2.93. The molecule has 0 aliphatic heterocycles. The Morgan fingerprint density at radius 1 is 1.24 bits per heavy atom. The monoisotopic (exact) mass is 307 g/mol. The van der Waals surface area contributed by atoms with E-state index in [2.05, 4.69) is 16.7 Å². The first-order valence-electron chi connectivity index (χ1n) is 6.22. The molecule has 0 fully saturated rings. The van der Waals surface area contributed by atoms with Crippen LogP contribution in [0.5, 0.6) is 17.2 Å². The highest BCUT2D eigenvalue weighted by atomic mass is 32.1. The molecule has 21 heavy (non-hydrogen) atoms. The molecule has 0 saturated heterocycles. The van der Waals surface area contributed by atoms with Crippen LogP contribution >= 0.6 is 12.2 Å². The summed E-state index contributed by atoms with van der Waals surface area (Å²) in [5.41, 5.74) is 0.790. The van der Waals surface area contributed by atoms with Gasteiger partial charge >= 0.3 is 0 Å². The summed E-state index contributed by atoms with van der Waals surface area (Å²) in [5, 5.41) is 3.12. The van der Waals surface area contributed by atoms with Crippen LogP contribution in [0.15, 0.2) is 24.8 Å². The first kappa shape index (κ1) is 15.1. The van der Waals surface area contributed by atoms with Gasteiger partial charge in [0.1, 0.15) is 0 Å². The zero-order valence-corrected chi connectivity index (χ0v) is 13.0. The molecule has 7 heteroatoms. The zero-order valence-electron chi connectivity index (χ0n) is 12.2. The lowest BCUT2D eigenvalue weighted by atomic mass is 10.1. The van der Waals surface area contributed by atoms with Gasteiger partial charge in [0.25, 0.3) is 0 Å². The molecule has 0 aliphatic rings. The van der Waals surface area contributed by atoms with Crippen molar-refractivity contribution < 1.29 is 14.2 Å². The number of nitrogens with one attached hydrogen (secondary N) is 1. The van der Waals surface area contributed by atoms with Crippen LogP contribution in [0.25, 0.3) is 11.4 Å². The van der Waals surface area contributed by atoms with Crippen LogP contribution in [-0.4, -0.2) is 36.1 Å². The topological polar surface area (TPSA) is 61.3 Å². The molecule has 0 spiro atoms. The molecular formula is C14H17N3O3S. The van der Waals surface area contributed by atoms with Crippen molar-refractivity contribution in [1.29, 1.82) is 0 Å². The van der Waals surface area contributed by atoms with Crippen molar-refractivity contribution in [2.75, 3.05) is 21.3 Å². The van der Waals surface area contributed by atoms with Crippen LogP contribution in [0.2, 0.25) is 0 Å². The van der Waals surface area contributed by atoms with Gasteiger partial charge in [0.2, 0.25) is 10.5 Å². The number of H-pyrrole nitrogens is 1. The molecule has 1 N–H and O–H groups in total. The second-order valence-corrected chi connectivity index (χ2v) is 4.53. The van der Waals surface area contributed by atoms with Crippen molar-refractivity contribution in [1.82, 2.24) is 14.8 Å². The third kappa shape index (κ3) is 2.92. The Morgan fingerprint density at radius 3 is 2.33 bits per heavy atom. The van der Waals surface area contributed by atoms with Gasteiger partial charge in [-0.3, -0.25) is 9.78 Å². The normalized spacial score (nSPS) is 10.2. The Morgan fingerprint density at radius 2 is 1.86 bits per heavy atom. The van der Waals surface area contributed by atoms with Gasteiger partial charge in [-0.25, -0.2) is 0 Å². The number of aromatic amines is 1. The second-order valence-electron chi connectivity index (χ2n) is 4.17. The summed E-state index contributed by atoms with van der Waals surface area (Å²) >= 11 is 5.20. The number of methoxy groups -OCH3 is 3. The van der Waals surface area contributed by atoms with Crippen molar-refractivity contribution >= 4 is 12.2 Å². The molecule has 1 heterocycles. The fourth-order valence-corrected chi connectivity index (χ4v) is 2.17. The molecule has 112 valence electrons. The minimum Gasteiger partial charge on any atom is -0.493 e. The van der Waals surface area contributed by atoms with Crippen LogP contribution in [0, 0.1) is 4.77 Å². The molecular weight excluding hydrogens is 290 g/mol. The Bertz CT molecular complexity index is 681. The molecule has 0 aliphatic carbocycles. The minimum atomic E-state index is 0.457. The van der Waals surface area contributed by atoms with E-state index >= 15 is 0 Å². The Balaban J connectivity index is 2.56. The van der Waals surface area contributed by atoms with Crippen molar-refractivity contribution in [3.05, 3.63) is 29.6 Å². The van der Waals surface area contributed by atoms with Gasteiger partial charge in [0.05, 0.1) is 27.9 Å². The van der Waals surface area contributed by atoms with E-state index in [4.69, 9.17) is 26.4 Å². The van der Waals surface area contributed by atoms with Gasteiger partial charge in [-0.2, -0.15) is 4.98 Å². The molecule has 0 saturated carbocycles. The predicted octanol–water partition coefficient (Wildman–Crippen LogP) is 2.82. The summed E-state index contributed by atoms with van der Waals surface area (Å²) in [5.74, 6) is 2.28. The lowest BCUT2D eigenvalue weighted by Gasteiger charge is -2.13. The highest BCUT2D eigenvalue weighted by molar-refractivity contribution is 7.71. The molecule has 2 aromatic rings. The standard InChI is InChI=1S/C14H17N3O3S/c1-5-6-17-14(21)15-13(16-17)9-7-10(18-2)12(20-4)11(8-9)19-3/h5,7-8H,1,6H2,2-4H3,(H,15,16,21). The van der Waals surface area contributed by atoms with Crippen LogP contribution in [0.4, 0.5) is 0 Å². The summed E-state index contributed by atoms with van der Waals surface area (Å²) in [6, 6.07) is 3.63. The van der Waals surface area contributed by atoms with E-state index in [1.807, 2.05) is 12.1 Å². The predicted molar refractivity (Wildman–Crippen MR) is 82.7 cm³/mol. The van der Waals surface area contributed by atoms with Crippen LogP contribution < -0.4 is 14.2 Å². The quantitative estimate of drug-likeness (QED) is 0.657. The highest BCUT2D eigenvalue weighted by Gasteiger charge is 2.15. The molecule has 0 unspecified atom stereocenters. The van der Waals surface area contributed by atoms with E-state index in [-0.39, 0.29) is 0 Å². The van der Waals surface area contributed by atoms with Crippen LogP contribution in [0.1, 0.15) is 0 Å². The van der Waals surface area contributed by atoms with Gasteiger partial charge in [0.15, 0.2) is 17.3 Å². The van der Waals surface area contributed by atoms with E-state index in [0.29, 0.717) is 34.4 Å². The van der Waals surface area contributed by atoms with Crippen LogP contribution in [-0.2, 0) is 6.54 Å². The average molecular weight is 307 g/mol. The lowest BCUT2D eigenvalue weighted by molar-refractivity contribution is 0.324. The molecule has 0 radical (unpaired) electrons. The molecule has 0 bridgehead atoms. The largest absolute Gasteiger partial charge is 0.493 e. The number of ether oxygens (including phenoxy) is 3. The third-order valence-corrected chi connectivity index (χ3v) is 3.24. The van der Waals surface area contributed by atoms with Crippen molar-refractivity contribution in [2.24, 2.45) is 0 Å². The number of rotatable bonds is 6. The van der Waals surface area contributed by atoms with Crippen molar-refractivity contribution in [3.63, 3.8) is 0 Å². The van der Waals surface area contributed by atoms with Gasteiger partial charge in [-0.15, -0.1) is 6.58 Å². The average Bonchev–Trinajstić information content (AvgIpc) is 2.87. The summed E-state index contributed by atoms with van der Waals surface area (Å²) in [4.78, 5) is 4.33. The van der Waals surface area contributed by atoms with E-state index in [0.717, 1.165) is 5.56 Å². The summed E-state index contributed by atoms with van der Waals surface area (Å²) in [7, 11) is 4.70. The molecule has 6 nitrogen and oxygen atoms in total. The first-order chi connectivity index (χ1) is 10.1. The lowest BCUT2D eigenvalue weighted by Crippen LogP contribution is -1.98. The minimum absolute atomic E-state index is 0.457. The summed E-state index contributed by atoms with van der Waals surface area (Å²) in [6.45, 7) is 4.25. The van der Waals surface area contributed by atoms with Crippen LogP contribution in [0.3, 0.4) is 0 Å². The molecule has 0 atom stereocenters. The molecule has 0 amide bonds. The Kier molecular flexibility index (Phi) is 4.64. The van der Waals surface area contributed by atoms with E-state index in [1.165, 1.54) is 0 Å². The molecule has 1 aromatic carbocycles. The fourth-order valence-electron chi connectivity index (χ4n) is 1.96. The Labute approximate surface area is 128 Å². The Hall–Kier alpha value is -2.28. The SMILES string of the molecule is C=CCn1[nH]c(-c2cc(OC)c(OC)c(OC)c2)nc1=S. The maximum atomic E-state index is 5.33. The number of aromatic nitrogens is 3. The van der Waals surface area contributed by atoms with Gasteiger partial charge < -0.3 is 14.2 Å². The van der Waals surface area contributed by atoms with Crippen molar-refractivity contribution in [2.45, 2.75) is 6.54 Å². The summed E-state index contributed by atoms with van der Waals surface area (Å²) < 4.78 is 18.1. The highest BCUT2D eigenvalue weighted by Crippen LogP contribution is 2.40. The van der Waals surface area contributed by atoms with Crippen molar-refractivity contribution in [3.8, 4) is 28.6 Å². The smallest absolute Gasteiger partial charge is 0.216 e. The number of benzene rings is 1. The second kappa shape index (κ2) is 6.45. The number of allylic oxidation sites excluding steroid dienone is 1. The maximum Gasteiger partial charge on any atom is 0.216 e. The molecule has 2 rings (SSSR count). The van der Waals surface area contributed by atoms with E-state index in [9.17, 15) is 0 Å². The molecule has 1 aromatic heterocycles. The summed E-state index contributed by atoms with van der Waals surface area (Å²) in [6.07, 6.45) is 1.74. The maximum absolute atomic E-state index is 5.33. The number of hydrogen-bond donors (Lipinski definition) is 1. The number of nitrogens with zero attached hydrogens (tertiary/aromatic N) is 2. The number of hydrogen-bond acceptors (Lipinski definition) is 5. The fraction of sp³-hybridized carbons (Fsp3) is 0.286. The zero-order chi connectivity index (χ0) is 15.4. The van der Waals surface area contributed by atoms with Gasteiger partial charge in [0, 0.05) is 5.56 Å². The van der Waals surface area contributed by atoms with E-state index in [1.54, 1.807) is 32.1 Å². The van der Waals surface area contributed by atoms with Gasteiger partial charge in [-0.1, -0.05) is 6.08 Å². The first-order valence-corrected chi connectivity index (χ1v) is 6.63. The van der Waals surface area contributed by atoms with E-state index < -0.39 is 0 Å².